The molecular weight excluding hydrogens is 459 g/mol. The maximum Gasteiger partial charge on any atom is 0.183 e. The predicted molar refractivity (Wildman–Crippen MR) is 137 cm³/mol. The molecule has 0 unspecified atom stereocenters. The molecule has 0 radical (unpaired) electrons. The maximum atomic E-state index is 14.2. The second-order valence-electron chi connectivity index (χ2n) is 8.25. The highest BCUT2D eigenvalue weighted by Gasteiger charge is 2.17. The Bertz CT molecular complexity index is 1360. The number of rotatable bonds is 7. The number of nitrogens with zero attached hydrogens (tertiary/aromatic N) is 5. The van der Waals surface area contributed by atoms with Gasteiger partial charge in [-0.15, -0.1) is 0 Å². The summed E-state index contributed by atoms with van der Waals surface area (Å²) >= 11 is 0. The Kier molecular flexibility index (Phi) is 7.09. The van der Waals surface area contributed by atoms with E-state index in [1.54, 1.807) is 24.5 Å². The van der Waals surface area contributed by atoms with Crippen LogP contribution in [-0.2, 0) is 11.3 Å². The first kappa shape index (κ1) is 23.4. The lowest BCUT2D eigenvalue weighted by Gasteiger charge is -2.28. The van der Waals surface area contributed by atoms with Crippen molar-refractivity contribution in [2.45, 2.75) is 6.54 Å². The number of hydrogen-bond donors (Lipinski definition) is 2. The van der Waals surface area contributed by atoms with E-state index in [0.717, 1.165) is 22.5 Å². The first-order valence-electron chi connectivity index (χ1n) is 11.6. The summed E-state index contributed by atoms with van der Waals surface area (Å²) in [6.45, 7) is 2.52. The largest absolute Gasteiger partial charge is 0.508 e. The highest BCUT2D eigenvalue weighted by molar-refractivity contribution is 5.78. The van der Waals surface area contributed by atoms with Gasteiger partial charge in [0.2, 0.25) is 0 Å². The third-order valence-corrected chi connectivity index (χ3v) is 5.66. The van der Waals surface area contributed by atoms with E-state index >= 15 is 0 Å². The van der Waals surface area contributed by atoms with Crippen molar-refractivity contribution < 1.29 is 14.2 Å². The molecule has 2 aromatic carbocycles. The van der Waals surface area contributed by atoms with E-state index < -0.39 is 5.82 Å². The van der Waals surface area contributed by atoms with Gasteiger partial charge in [-0.2, -0.15) is 0 Å². The van der Waals surface area contributed by atoms with Gasteiger partial charge in [-0.3, -0.25) is 9.98 Å². The number of aromatic hydroxyl groups is 1. The summed E-state index contributed by atoms with van der Waals surface area (Å²) < 4.78 is 19.5. The third-order valence-electron chi connectivity index (χ3n) is 5.66. The van der Waals surface area contributed by atoms with Gasteiger partial charge in [-0.05, 0) is 47.5 Å². The maximum absolute atomic E-state index is 14.2. The fourth-order valence-electron chi connectivity index (χ4n) is 3.87. The molecule has 0 saturated carbocycles. The Morgan fingerprint density at radius 3 is 2.56 bits per heavy atom. The van der Waals surface area contributed by atoms with E-state index in [-0.39, 0.29) is 12.3 Å². The van der Waals surface area contributed by atoms with Gasteiger partial charge in [0.15, 0.2) is 17.5 Å². The van der Waals surface area contributed by atoms with Crippen LogP contribution >= 0.6 is 0 Å². The smallest absolute Gasteiger partial charge is 0.183 e. The van der Waals surface area contributed by atoms with E-state index in [1.165, 1.54) is 6.20 Å². The number of nitrogens with one attached hydrogen (secondary N) is 1. The number of pyridine rings is 1. The van der Waals surface area contributed by atoms with Gasteiger partial charge in [-0.25, -0.2) is 14.4 Å². The quantitative estimate of drug-likeness (QED) is 0.371. The summed E-state index contributed by atoms with van der Waals surface area (Å²) in [6.07, 6.45) is 4.57. The fourth-order valence-corrected chi connectivity index (χ4v) is 3.87. The molecule has 1 aliphatic heterocycles. The Morgan fingerprint density at radius 1 is 0.972 bits per heavy atom. The molecule has 3 heterocycles. The lowest BCUT2D eigenvalue weighted by molar-refractivity contribution is 0.122. The number of benzene rings is 2. The molecule has 0 aliphatic carbocycles. The minimum absolute atomic E-state index is 0.223. The van der Waals surface area contributed by atoms with Crippen LogP contribution in [0.25, 0.3) is 11.1 Å². The molecule has 9 heteroatoms. The van der Waals surface area contributed by atoms with Crippen molar-refractivity contribution >= 4 is 23.4 Å². The minimum Gasteiger partial charge on any atom is -0.508 e. The standard InChI is InChI=1S/C27H25FN6O2/c28-25-17-31-26(33-27(25)34-9-11-36-12-10-34)18-29-15-22-7-8-23(16-30-22)32-21-5-1-3-19(13-21)20-4-2-6-24(35)14-20/h1-8,13-17,32,35H,9-12,18H2. The van der Waals surface area contributed by atoms with Crippen molar-refractivity contribution in [3.63, 3.8) is 0 Å². The molecule has 182 valence electrons. The Morgan fingerprint density at radius 2 is 1.78 bits per heavy atom. The zero-order valence-corrected chi connectivity index (χ0v) is 19.5. The van der Waals surface area contributed by atoms with Crippen LogP contribution in [0.2, 0.25) is 0 Å². The van der Waals surface area contributed by atoms with E-state index in [9.17, 15) is 9.50 Å². The monoisotopic (exact) mass is 484 g/mol. The van der Waals surface area contributed by atoms with E-state index in [0.29, 0.717) is 43.6 Å². The van der Waals surface area contributed by atoms with Crippen LogP contribution in [0.4, 0.5) is 21.6 Å². The molecule has 1 saturated heterocycles. The van der Waals surface area contributed by atoms with Gasteiger partial charge < -0.3 is 20.1 Å². The number of halogens is 1. The van der Waals surface area contributed by atoms with Gasteiger partial charge in [0.25, 0.3) is 0 Å². The van der Waals surface area contributed by atoms with Crippen molar-refractivity contribution in [3.05, 3.63) is 90.4 Å². The molecule has 5 rings (SSSR count). The van der Waals surface area contributed by atoms with Crippen molar-refractivity contribution in [2.75, 3.05) is 36.5 Å². The lowest BCUT2D eigenvalue weighted by Crippen LogP contribution is -2.37. The molecule has 0 spiro atoms. The molecular formula is C27H25FN6O2. The van der Waals surface area contributed by atoms with Crippen LogP contribution in [0.5, 0.6) is 5.75 Å². The zero-order valence-electron chi connectivity index (χ0n) is 19.5. The summed E-state index contributed by atoms with van der Waals surface area (Å²) in [6, 6.07) is 18.9. The molecule has 0 bridgehead atoms. The fraction of sp³-hybridized carbons (Fsp3) is 0.185. The van der Waals surface area contributed by atoms with Crippen LogP contribution in [0, 0.1) is 5.82 Å². The highest BCUT2D eigenvalue weighted by atomic mass is 19.1. The van der Waals surface area contributed by atoms with Gasteiger partial charge >= 0.3 is 0 Å². The number of morpholine rings is 1. The molecule has 0 atom stereocenters. The lowest BCUT2D eigenvalue weighted by atomic mass is 10.0. The van der Waals surface area contributed by atoms with Gasteiger partial charge in [0, 0.05) is 25.0 Å². The second-order valence-corrected chi connectivity index (χ2v) is 8.25. The van der Waals surface area contributed by atoms with E-state index in [4.69, 9.17) is 4.74 Å². The molecule has 8 nitrogen and oxygen atoms in total. The zero-order chi connectivity index (χ0) is 24.7. The van der Waals surface area contributed by atoms with Crippen LogP contribution in [-0.4, -0.2) is 52.6 Å². The van der Waals surface area contributed by atoms with Crippen LogP contribution < -0.4 is 10.2 Å². The van der Waals surface area contributed by atoms with Crippen LogP contribution in [0.3, 0.4) is 0 Å². The molecule has 2 N–H and O–H groups in total. The number of anilines is 3. The molecule has 1 fully saturated rings. The summed E-state index contributed by atoms with van der Waals surface area (Å²) in [4.78, 5) is 19.1. The first-order chi connectivity index (χ1) is 17.6. The molecule has 2 aromatic heterocycles. The summed E-state index contributed by atoms with van der Waals surface area (Å²) in [5.74, 6) is 0.525. The summed E-state index contributed by atoms with van der Waals surface area (Å²) in [5, 5.41) is 13.1. The number of hydrogen-bond acceptors (Lipinski definition) is 8. The minimum atomic E-state index is -0.443. The summed E-state index contributed by atoms with van der Waals surface area (Å²) in [7, 11) is 0. The predicted octanol–water partition coefficient (Wildman–Crippen LogP) is 4.58. The van der Waals surface area contributed by atoms with E-state index in [2.05, 4.69) is 25.3 Å². The first-order valence-corrected chi connectivity index (χ1v) is 11.6. The molecule has 4 aromatic rings. The van der Waals surface area contributed by atoms with Crippen molar-refractivity contribution in [3.8, 4) is 16.9 Å². The Labute approximate surface area is 208 Å². The molecule has 1 aliphatic rings. The number of phenols is 1. The third kappa shape index (κ3) is 5.81. The van der Waals surface area contributed by atoms with Crippen molar-refractivity contribution in [1.82, 2.24) is 15.0 Å². The number of ether oxygens (including phenoxy) is 1. The highest BCUT2D eigenvalue weighted by Crippen LogP contribution is 2.27. The number of phenolic OH excluding ortho intramolecular Hbond substituents is 1. The van der Waals surface area contributed by atoms with Crippen LogP contribution in [0.1, 0.15) is 11.5 Å². The van der Waals surface area contributed by atoms with Crippen LogP contribution in [0.15, 0.2) is 78.0 Å². The van der Waals surface area contributed by atoms with Gasteiger partial charge in [-0.1, -0.05) is 24.3 Å². The van der Waals surface area contributed by atoms with Crippen molar-refractivity contribution in [2.24, 2.45) is 4.99 Å². The normalized spacial score (nSPS) is 13.8. The average molecular weight is 485 g/mol. The Hall–Kier alpha value is -4.37. The van der Waals surface area contributed by atoms with Gasteiger partial charge in [0.05, 0.1) is 43.5 Å². The Balaban J connectivity index is 1.21. The second kappa shape index (κ2) is 10.9. The topological polar surface area (TPSA) is 95.8 Å². The number of aromatic nitrogens is 3. The van der Waals surface area contributed by atoms with E-state index in [1.807, 2.05) is 53.4 Å². The summed E-state index contributed by atoms with van der Waals surface area (Å²) in [5.41, 5.74) is 4.35. The molecule has 0 amide bonds. The average Bonchev–Trinajstić information content (AvgIpc) is 2.91. The van der Waals surface area contributed by atoms with Gasteiger partial charge in [0.1, 0.15) is 5.75 Å². The van der Waals surface area contributed by atoms with Crippen molar-refractivity contribution in [1.29, 1.82) is 0 Å². The number of aliphatic imine (C=N–C) groups is 1. The SMILES string of the molecule is Oc1cccc(-c2cccc(Nc3ccc(C=NCc4ncc(F)c(N5CCOCC5)n4)nc3)c2)c1. The molecule has 36 heavy (non-hydrogen) atoms.